The Balaban J connectivity index is 1.20. The minimum Gasteiger partial charge on any atom is -0.508 e. The summed E-state index contributed by atoms with van der Waals surface area (Å²) in [5.41, 5.74) is 28.8. The lowest BCUT2D eigenvalue weighted by Crippen LogP contribution is -2.60. The molecule has 0 bridgehead atoms. The Kier molecular flexibility index (Phi) is 33.0. The Morgan fingerprint density at radius 3 is 1.74 bits per heavy atom. The number of hydrogen-bond acceptors (Lipinski definition) is 21. The Hall–Kier alpha value is -9.44. The maximum Gasteiger partial charge on any atom is 0.315 e. The fraction of sp³-hybridized carbons (Fsp3) is 0.557. The van der Waals surface area contributed by atoms with Gasteiger partial charge in [-0.1, -0.05) is 25.0 Å². The zero-order valence-electron chi connectivity index (χ0n) is 53.6. The number of amides is 13. The number of aromatic hydroxyl groups is 1. The third kappa shape index (κ3) is 27.3. The van der Waals surface area contributed by atoms with Crippen LogP contribution in [0.5, 0.6) is 5.75 Å². The number of unbranched alkanes of at least 4 members (excludes halogenated alkanes) is 4. The number of hydrogen-bond donors (Lipinski definition) is 19. The number of rotatable bonds is 44. The van der Waals surface area contributed by atoms with Crippen molar-refractivity contribution in [3.8, 4) is 11.8 Å². The molecule has 2 aliphatic rings. The van der Waals surface area contributed by atoms with Crippen LogP contribution in [0.15, 0.2) is 47.5 Å². The first-order valence-corrected chi connectivity index (χ1v) is 33.8. The summed E-state index contributed by atoms with van der Waals surface area (Å²) in [6.45, 7) is -1.45. The summed E-state index contributed by atoms with van der Waals surface area (Å²) >= 11 is 2.89. The predicted octanol–water partition coefficient (Wildman–Crippen LogP) is -3.45. The molecule has 1 aromatic heterocycles. The second-order valence-corrected chi connectivity index (χ2v) is 25.6. The maximum absolute atomic E-state index is 14.2. The van der Waals surface area contributed by atoms with E-state index >= 15 is 0 Å². The van der Waals surface area contributed by atoms with Gasteiger partial charge in [0, 0.05) is 61.9 Å². The number of nitrogens with zero attached hydrogens (tertiary/aromatic N) is 3. The van der Waals surface area contributed by atoms with Gasteiger partial charge in [0.05, 0.1) is 35.5 Å². The SMILES string of the molecule is N#Cc1nc2ccc(NC(=O)C(Cc3ccc(O)cc3)NC(=O)C(CCC(N)=O)NC(=O)C(CCC(N)=O)NC(=O)C(CO)NC(=O)C(CCCCN)NC(=O)C(CCCN=C(N)N)NC(=O)C(CO)NC(=O)CCCCCNC(=O)CCCCC3SCC4NC(=O)NC43)cc2s1. The number of nitrogens with one attached hydrogen (secondary N) is 11. The number of fused-ring (bicyclic) bond motifs is 2. The minimum absolute atomic E-state index is 0.0118. The fourth-order valence-corrected chi connectivity index (χ4v) is 12.8. The number of aliphatic imine (C=N–C) groups is 1. The van der Waals surface area contributed by atoms with E-state index in [2.05, 4.69) is 68.5 Å². The number of nitriles is 1. The molecular weight excluding hydrogens is 1300 g/mol. The normalized spacial score (nSPS) is 16.7. The number of carbonyl (C=O) groups is 12. The molecule has 24 N–H and O–H groups in total. The summed E-state index contributed by atoms with van der Waals surface area (Å²) < 4.78 is 0.569. The van der Waals surface area contributed by atoms with Crippen LogP contribution < -0.4 is 87.2 Å². The summed E-state index contributed by atoms with van der Waals surface area (Å²) in [7, 11) is 0. The van der Waals surface area contributed by atoms with Gasteiger partial charge >= 0.3 is 6.03 Å². The first-order chi connectivity index (χ1) is 46.4. The summed E-state index contributed by atoms with van der Waals surface area (Å²) in [6.07, 6.45) is 2.45. The first-order valence-electron chi connectivity index (χ1n) is 31.9. The van der Waals surface area contributed by atoms with Crippen molar-refractivity contribution in [2.24, 2.45) is 33.7 Å². The minimum atomic E-state index is -1.87. The van der Waals surface area contributed by atoms with Gasteiger partial charge in [0.15, 0.2) is 11.0 Å². The molecule has 3 aromatic rings. The van der Waals surface area contributed by atoms with E-state index in [1.807, 2.05) is 17.8 Å². The summed E-state index contributed by atoms with van der Waals surface area (Å²) in [4.78, 5) is 168. The summed E-state index contributed by atoms with van der Waals surface area (Å²) in [5.74, 6) is -9.07. The number of thioether (sulfide) groups is 1. The smallest absolute Gasteiger partial charge is 0.315 e. The number of aliphatic hydroxyl groups is 2. The summed E-state index contributed by atoms with van der Waals surface area (Å²) in [5, 5.41) is 69.2. The highest BCUT2D eigenvalue weighted by Gasteiger charge is 2.43. The van der Waals surface area contributed by atoms with E-state index < -0.39 is 140 Å². The van der Waals surface area contributed by atoms with Gasteiger partial charge < -0.3 is 102 Å². The largest absolute Gasteiger partial charge is 0.508 e. The van der Waals surface area contributed by atoms with Gasteiger partial charge in [-0.2, -0.15) is 17.0 Å². The average Bonchev–Trinajstić information content (AvgIpc) is 1.71. The number of aromatic nitrogens is 1. The molecule has 5 rings (SSSR count). The highest BCUT2D eigenvalue weighted by Crippen LogP contribution is 2.33. The van der Waals surface area contributed by atoms with Crippen LogP contribution in [0.4, 0.5) is 10.5 Å². The van der Waals surface area contributed by atoms with Gasteiger partial charge in [0.2, 0.25) is 65.0 Å². The molecule has 2 aromatic carbocycles. The quantitative estimate of drug-likeness (QED) is 0.0113. The van der Waals surface area contributed by atoms with Gasteiger partial charge in [-0.05, 0) is 113 Å². The molecular formula is C61H89N19O15S2. The van der Waals surface area contributed by atoms with E-state index in [0.29, 0.717) is 66.1 Å². The third-order valence-electron chi connectivity index (χ3n) is 15.7. The van der Waals surface area contributed by atoms with Crippen molar-refractivity contribution in [3.05, 3.63) is 53.0 Å². The molecule has 34 nitrogen and oxygen atoms in total. The zero-order valence-corrected chi connectivity index (χ0v) is 55.2. The van der Waals surface area contributed by atoms with Gasteiger partial charge in [-0.15, -0.1) is 11.3 Å². The highest BCUT2D eigenvalue weighted by molar-refractivity contribution is 8.00. The molecule has 2 fully saturated rings. The zero-order chi connectivity index (χ0) is 71.0. The van der Waals surface area contributed by atoms with Crippen molar-refractivity contribution in [1.82, 2.24) is 58.2 Å². The standard InChI is InChI=1S/C61H89N19O15S2/c62-24-6-5-9-37(73-53(88)38(10-8-26-69-60(66)67)74-58(93)42(30-81)71-50(87)13-2-1-7-25-68-49(86)12-4-3-11-45-52-44(32-96-45)79-61(95)80-52)54(89)78-43(31-82)59(94)76-39(20-22-47(64)84)55(90)75-40(21-23-48(65)85)56(91)77-41(27-33-14-17-35(83)18-15-33)57(92)70-34-16-19-36-46(28-34)97-51(29-63)72-36/h14-19,28,37-45,52,81-83H,1-13,20-27,30-32,62H2,(H2,64,84)(H2,65,85)(H,68,86)(H,70,92)(H,71,87)(H,73,88)(H,74,93)(H,75,90)(H,76,94)(H,77,91)(H,78,89)(H4,66,67,69)(H2,79,80,95). The van der Waals surface area contributed by atoms with Crippen LogP contribution in [-0.4, -0.2) is 196 Å². The fourth-order valence-electron chi connectivity index (χ4n) is 10.5. The number of nitrogens with two attached hydrogens (primary N) is 5. The number of benzene rings is 2. The lowest BCUT2D eigenvalue weighted by molar-refractivity contribution is -0.136. The monoisotopic (exact) mass is 1390 g/mol. The van der Waals surface area contributed by atoms with Crippen LogP contribution in [0.25, 0.3) is 10.2 Å². The molecule has 97 heavy (non-hydrogen) atoms. The predicted molar refractivity (Wildman–Crippen MR) is 358 cm³/mol. The Morgan fingerprint density at radius 2 is 1.16 bits per heavy atom. The van der Waals surface area contributed by atoms with E-state index in [1.165, 1.54) is 30.3 Å². The number of aliphatic hydroxyl groups excluding tert-OH is 2. The number of thiazole rings is 1. The van der Waals surface area contributed by atoms with E-state index in [4.69, 9.17) is 28.7 Å². The van der Waals surface area contributed by atoms with Gasteiger partial charge in [0.1, 0.15) is 54.1 Å². The number of anilines is 1. The lowest BCUT2D eigenvalue weighted by Gasteiger charge is -2.27. The molecule has 0 aliphatic carbocycles. The Bertz CT molecular complexity index is 3290. The number of phenolic OH excluding ortho intramolecular Hbond substituents is 1. The maximum atomic E-state index is 14.2. The van der Waals surface area contributed by atoms with Crippen LogP contribution >= 0.6 is 23.1 Å². The van der Waals surface area contributed by atoms with Gasteiger partial charge in [-0.3, -0.25) is 57.7 Å². The van der Waals surface area contributed by atoms with Crippen LogP contribution in [-0.2, 0) is 59.2 Å². The van der Waals surface area contributed by atoms with Crippen molar-refractivity contribution >= 4 is 116 Å². The van der Waals surface area contributed by atoms with Gasteiger partial charge in [-0.25, -0.2) is 9.78 Å². The lowest BCUT2D eigenvalue weighted by atomic mass is 10.0. The van der Waals surface area contributed by atoms with Crippen LogP contribution in [0.3, 0.4) is 0 Å². The molecule has 530 valence electrons. The molecule has 3 heterocycles. The van der Waals surface area contributed by atoms with Crippen LogP contribution in [0, 0.1) is 11.3 Å². The third-order valence-corrected chi connectivity index (χ3v) is 18.1. The number of primary amides is 2. The number of guanidine groups is 1. The second-order valence-electron chi connectivity index (χ2n) is 23.3. The van der Waals surface area contributed by atoms with Crippen molar-refractivity contribution in [1.29, 1.82) is 5.26 Å². The van der Waals surface area contributed by atoms with Crippen molar-refractivity contribution in [2.75, 3.05) is 43.9 Å². The molecule has 0 saturated carbocycles. The topological polar surface area (TPSA) is 577 Å². The van der Waals surface area contributed by atoms with E-state index in [0.717, 1.165) is 29.9 Å². The molecule has 10 atom stereocenters. The van der Waals surface area contributed by atoms with Crippen molar-refractivity contribution < 1.29 is 72.9 Å². The number of phenols is 1. The molecule has 0 spiro atoms. The van der Waals surface area contributed by atoms with E-state index in [1.54, 1.807) is 12.1 Å². The Morgan fingerprint density at radius 1 is 0.619 bits per heavy atom. The van der Waals surface area contributed by atoms with Crippen molar-refractivity contribution in [2.45, 2.75) is 175 Å². The van der Waals surface area contributed by atoms with E-state index in [9.17, 15) is 78.1 Å². The molecule has 36 heteroatoms. The van der Waals surface area contributed by atoms with Gasteiger partial charge in [0.25, 0.3) is 0 Å². The van der Waals surface area contributed by atoms with Crippen molar-refractivity contribution in [3.63, 3.8) is 0 Å². The summed E-state index contributed by atoms with van der Waals surface area (Å²) in [6, 6.07) is 1.28. The van der Waals surface area contributed by atoms with Crippen LogP contribution in [0.1, 0.15) is 120 Å². The van der Waals surface area contributed by atoms with E-state index in [-0.39, 0.29) is 98.0 Å². The number of carbonyl (C=O) groups excluding carboxylic acids is 12. The average molecular weight is 1390 g/mol. The molecule has 0 radical (unpaired) electrons. The van der Waals surface area contributed by atoms with Crippen LogP contribution in [0.2, 0.25) is 0 Å². The highest BCUT2D eigenvalue weighted by atomic mass is 32.2. The second kappa shape index (κ2) is 40.8. The number of urea groups is 1. The molecule has 2 saturated heterocycles. The first kappa shape index (κ1) is 78.3. The molecule has 13 amide bonds. The molecule has 10 unspecified atom stereocenters. The Labute approximate surface area is 567 Å². The molecule has 2 aliphatic heterocycles.